The molecular formula is C24H31F2NO6. The molecule has 1 amide bonds. The molecule has 0 aromatic heterocycles. The minimum atomic E-state index is -3.25. The Labute approximate surface area is 192 Å². The molecule has 0 atom stereocenters. The number of cyclic esters (lactones) is 1. The van der Waals surface area contributed by atoms with Gasteiger partial charge in [0, 0.05) is 17.5 Å². The van der Waals surface area contributed by atoms with Gasteiger partial charge in [-0.05, 0) is 44.6 Å². The van der Waals surface area contributed by atoms with Gasteiger partial charge in [-0.1, -0.05) is 25.5 Å². The molecule has 182 valence electrons. The van der Waals surface area contributed by atoms with E-state index >= 15 is 0 Å². The van der Waals surface area contributed by atoms with Gasteiger partial charge in [0.1, 0.15) is 12.4 Å². The second-order valence-electron chi connectivity index (χ2n) is 8.39. The summed E-state index contributed by atoms with van der Waals surface area (Å²) in [6, 6.07) is 0. The third-order valence-corrected chi connectivity index (χ3v) is 5.46. The van der Waals surface area contributed by atoms with E-state index in [1.165, 1.54) is 7.11 Å². The maximum atomic E-state index is 13.0. The molecule has 0 unspecified atom stereocenters. The Balaban J connectivity index is 2.26. The van der Waals surface area contributed by atoms with E-state index in [1.807, 2.05) is 26.8 Å². The molecule has 0 radical (unpaired) electrons. The third kappa shape index (κ3) is 6.76. The zero-order chi connectivity index (χ0) is 24.7. The maximum Gasteiger partial charge on any atom is 0.341 e. The van der Waals surface area contributed by atoms with Crippen LogP contribution in [0, 0.1) is 12.8 Å². The predicted octanol–water partition coefficient (Wildman–Crippen LogP) is 4.74. The number of esters is 2. The molecule has 0 saturated carbocycles. The number of methoxy groups -OCH3 is 1. The number of ether oxygens (including phenoxy) is 3. The van der Waals surface area contributed by atoms with Crippen LogP contribution < -0.4 is 10.1 Å². The lowest BCUT2D eigenvalue weighted by Gasteiger charge is -2.19. The number of hydrogen-bond donors (Lipinski definition) is 1. The van der Waals surface area contributed by atoms with Gasteiger partial charge in [-0.2, -0.15) is 8.78 Å². The van der Waals surface area contributed by atoms with E-state index in [9.17, 15) is 23.2 Å². The average molecular weight is 468 g/mol. The van der Waals surface area contributed by atoms with Crippen LogP contribution in [0.1, 0.15) is 67.1 Å². The number of fused-ring (bicyclic) bond motifs is 1. The molecule has 0 fully saturated rings. The number of alkyl halides is 2. The minimum Gasteiger partial charge on any atom is -0.496 e. The number of nitrogens with one attached hydrogen (secondary N) is 1. The molecule has 33 heavy (non-hydrogen) atoms. The van der Waals surface area contributed by atoms with Crippen molar-refractivity contribution in [3.8, 4) is 5.75 Å². The molecule has 9 heteroatoms. The number of amides is 1. The summed E-state index contributed by atoms with van der Waals surface area (Å²) in [4.78, 5) is 36.0. The number of hydrogen-bond acceptors (Lipinski definition) is 6. The van der Waals surface area contributed by atoms with Crippen molar-refractivity contribution < 1.29 is 37.4 Å². The van der Waals surface area contributed by atoms with Crippen LogP contribution in [0.15, 0.2) is 11.6 Å². The van der Waals surface area contributed by atoms with Crippen LogP contribution in [0.2, 0.25) is 0 Å². The van der Waals surface area contributed by atoms with Crippen LogP contribution in [0.3, 0.4) is 0 Å². The maximum absolute atomic E-state index is 13.0. The first-order valence-corrected chi connectivity index (χ1v) is 10.9. The van der Waals surface area contributed by atoms with Crippen LogP contribution in [-0.4, -0.2) is 38.0 Å². The Hall–Kier alpha value is -2.97. The Bertz CT molecular complexity index is 940. The van der Waals surface area contributed by atoms with Crippen LogP contribution >= 0.6 is 0 Å². The Morgan fingerprint density at radius 2 is 1.94 bits per heavy atom. The van der Waals surface area contributed by atoms with Crippen molar-refractivity contribution in [2.45, 2.75) is 66.4 Å². The highest BCUT2D eigenvalue weighted by atomic mass is 19.3. The number of halogens is 2. The van der Waals surface area contributed by atoms with Crippen LogP contribution in [0.5, 0.6) is 5.75 Å². The molecule has 2 rings (SSSR count). The Morgan fingerprint density at radius 3 is 2.55 bits per heavy atom. The van der Waals surface area contributed by atoms with Crippen LogP contribution in [-0.2, 0) is 32.1 Å². The Kier molecular flexibility index (Phi) is 9.37. The zero-order valence-corrected chi connectivity index (χ0v) is 19.7. The molecule has 0 bridgehead atoms. The highest BCUT2D eigenvalue weighted by Crippen LogP contribution is 2.41. The monoisotopic (exact) mass is 467 g/mol. The van der Waals surface area contributed by atoms with Gasteiger partial charge in [0.25, 0.3) is 5.91 Å². The van der Waals surface area contributed by atoms with Gasteiger partial charge >= 0.3 is 18.4 Å². The van der Waals surface area contributed by atoms with Crippen molar-refractivity contribution in [3.05, 3.63) is 33.9 Å². The summed E-state index contributed by atoms with van der Waals surface area (Å²) in [5, 5.41) is 2.18. The summed E-state index contributed by atoms with van der Waals surface area (Å²) in [6.07, 6.45) is 0.210. The fraction of sp³-hybridized carbons (Fsp3) is 0.542. The number of benzene rings is 1. The first-order valence-electron chi connectivity index (χ1n) is 10.9. The summed E-state index contributed by atoms with van der Waals surface area (Å²) >= 11 is 0. The summed E-state index contributed by atoms with van der Waals surface area (Å²) in [6.45, 7) is 8.03. The van der Waals surface area contributed by atoms with Gasteiger partial charge in [-0.3, -0.25) is 9.59 Å². The number of allylic oxidation sites excluding steroid dienone is 2. The summed E-state index contributed by atoms with van der Waals surface area (Å²) < 4.78 is 41.7. The highest BCUT2D eigenvalue weighted by molar-refractivity contribution is 6.06. The quantitative estimate of drug-likeness (QED) is 0.374. The van der Waals surface area contributed by atoms with E-state index in [4.69, 9.17) is 14.2 Å². The van der Waals surface area contributed by atoms with Crippen molar-refractivity contribution in [3.63, 3.8) is 0 Å². The lowest BCUT2D eigenvalue weighted by Crippen LogP contribution is -2.23. The molecule has 1 aromatic rings. The number of anilines is 1. The summed E-state index contributed by atoms with van der Waals surface area (Å²) in [5.41, 5.74) is 2.43. The van der Waals surface area contributed by atoms with Crippen molar-refractivity contribution in [2.24, 2.45) is 5.92 Å². The highest BCUT2D eigenvalue weighted by Gasteiger charge is 2.33. The molecule has 0 aliphatic carbocycles. The first kappa shape index (κ1) is 26.3. The molecule has 0 spiro atoms. The lowest BCUT2D eigenvalue weighted by molar-refractivity contribution is -0.143. The van der Waals surface area contributed by atoms with E-state index in [-0.39, 0.29) is 36.7 Å². The van der Waals surface area contributed by atoms with Crippen LogP contribution in [0.4, 0.5) is 14.5 Å². The van der Waals surface area contributed by atoms with Crippen molar-refractivity contribution in [2.75, 3.05) is 19.0 Å². The van der Waals surface area contributed by atoms with E-state index in [2.05, 4.69) is 5.32 Å². The summed E-state index contributed by atoms with van der Waals surface area (Å²) in [5.74, 6) is -1.67. The molecule has 1 heterocycles. The normalized spacial score (nSPS) is 13.2. The second-order valence-corrected chi connectivity index (χ2v) is 8.39. The fourth-order valence-electron chi connectivity index (χ4n) is 3.53. The smallest absolute Gasteiger partial charge is 0.341 e. The molecule has 7 nitrogen and oxygen atoms in total. The molecule has 1 aromatic carbocycles. The average Bonchev–Trinajstić information content (AvgIpc) is 3.14. The number of carbonyl (C=O) groups excluding carboxylic acids is 3. The van der Waals surface area contributed by atoms with E-state index in [0.717, 1.165) is 12.0 Å². The van der Waals surface area contributed by atoms with Gasteiger partial charge in [-0.25, -0.2) is 4.79 Å². The number of rotatable bonds is 11. The van der Waals surface area contributed by atoms with Gasteiger partial charge in [0.2, 0.25) is 0 Å². The summed E-state index contributed by atoms with van der Waals surface area (Å²) in [7, 11) is 1.43. The first-order chi connectivity index (χ1) is 15.6. The van der Waals surface area contributed by atoms with Gasteiger partial charge < -0.3 is 19.5 Å². The van der Waals surface area contributed by atoms with Gasteiger partial charge in [0.05, 0.1) is 25.0 Å². The minimum absolute atomic E-state index is 0.0258. The molecule has 0 saturated heterocycles. The second kappa shape index (κ2) is 11.8. The van der Waals surface area contributed by atoms with Crippen molar-refractivity contribution in [1.82, 2.24) is 0 Å². The van der Waals surface area contributed by atoms with Crippen molar-refractivity contribution in [1.29, 1.82) is 0 Å². The zero-order valence-electron chi connectivity index (χ0n) is 19.7. The third-order valence-electron chi connectivity index (χ3n) is 5.46. The lowest BCUT2D eigenvalue weighted by atomic mass is 9.93. The molecule has 1 aliphatic rings. The SMILES string of the molecule is COc1c(C)c2c(c(NC(=O)C(F)F)c1C/C=C(\C)CCC(=O)OCCC(C)C)C(=O)OC2. The standard InChI is InChI=1S/C24H31F2NO6/c1-13(2)10-11-32-18(28)9-7-14(3)6-8-16-20(27-23(29)22(25)26)19-17(12-33-24(19)30)15(4)21(16)31-5/h6,13,22H,7-12H2,1-5H3,(H,27,29)/b14-6+. The number of carbonyl (C=O) groups is 3. The fourth-order valence-corrected chi connectivity index (χ4v) is 3.53. The van der Waals surface area contributed by atoms with Crippen molar-refractivity contribution >= 4 is 23.5 Å². The van der Waals surface area contributed by atoms with Gasteiger partial charge in [-0.15, -0.1) is 0 Å². The molecular weight excluding hydrogens is 436 g/mol. The largest absolute Gasteiger partial charge is 0.496 e. The van der Waals surface area contributed by atoms with E-state index in [1.54, 1.807) is 6.92 Å². The predicted molar refractivity (Wildman–Crippen MR) is 119 cm³/mol. The topological polar surface area (TPSA) is 90.9 Å². The Morgan fingerprint density at radius 1 is 1.24 bits per heavy atom. The van der Waals surface area contributed by atoms with E-state index < -0.39 is 18.3 Å². The van der Waals surface area contributed by atoms with Crippen LogP contribution in [0.25, 0.3) is 0 Å². The van der Waals surface area contributed by atoms with E-state index in [0.29, 0.717) is 41.4 Å². The molecule has 1 N–H and O–H groups in total. The molecule has 1 aliphatic heterocycles. The van der Waals surface area contributed by atoms with Gasteiger partial charge in [0.15, 0.2) is 0 Å².